The summed E-state index contributed by atoms with van der Waals surface area (Å²) in [5.74, 6) is 1.67. The second-order valence-corrected chi connectivity index (χ2v) is 8.58. The topological polar surface area (TPSA) is 26.7 Å². The van der Waals surface area contributed by atoms with E-state index >= 15 is 0 Å². The van der Waals surface area contributed by atoms with E-state index in [-0.39, 0.29) is 5.60 Å². The number of hydrogen-bond donors (Lipinski definition) is 1. The van der Waals surface area contributed by atoms with Crippen LogP contribution in [0, 0.1) is 11.8 Å². The zero-order valence-electron chi connectivity index (χ0n) is 13.6. The van der Waals surface area contributed by atoms with E-state index in [1.54, 1.807) is 0 Å². The molecule has 0 aromatic rings. The fourth-order valence-corrected chi connectivity index (χ4v) is 4.55. The molecule has 3 heteroatoms. The molecule has 3 nitrogen and oxygen atoms in total. The van der Waals surface area contributed by atoms with E-state index in [9.17, 15) is 5.11 Å². The molecule has 116 valence electrons. The van der Waals surface area contributed by atoms with Crippen LogP contribution < -0.4 is 0 Å². The average molecular weight is 280 g/mol. The summed E-state index contributed by atoms with van der Waals surface area (Å²) in [6.07, 6.45) is 5.79. The van der Waals surface area contributed by atoms with Crippen molar-refractivity contribution < 1.29 is 5.11 Å². The Morgan fingerprint density at radius 3 is 2.00 bits per heavy atom. The van der Waals surface area contributed by atoms with Gasteiger partial charge in [-0.05, 0) is 45.4 Å². The molecule has 2 atom stereocenters. The van der Waals surface area contributed by atoms with E-state index in [0.717, 1.165) is 31.2 Å². The zero-order chi connectivity index (χ0) is 14.4. The van der Waals surface area contributed by atoms with Gasteiger partial charge < -0.3 is 5.11 Å². The number of fused-ring (bicyclic) bond motifs is 1. The maximum Gasteiger partial charge on any atom is 0.0774 e. The lowest BCUT2D eigenvalue weighted by Crippen LogP contribution is -2.46. The van der Waals surface area contributed by atoms with Crippen LogP contribution in [0.5, 0.6) is 0 Å². The Kier molecular flexibility index (Phi) is 3.89. The Labute approximate surface area is 124 Å². The molecule has 3 rings (SSSR count). The zero-order valence-corrected chi connectivity index (χ0v) is 13.6. The van der Waals surface area contributed by atoms with Gasteiger partial charge in [-0.1, -0.05) is 19.3 Å². The van der Waals surface area contributed by atoms with Crippen molar-refractivity contribution in [3.05, 3.63) is 0 Å². The highest BCUT2D eigenvalue weighted by molar-refractivity contribution is 4.98. The van der Waals surface area contributed by atoms with Crippen LogP contribution in [0.4, 0.5) is 0 Å². The summed E-state index contributed by atoms with van der Waals surface area (Å²) in [7, 11) is 0. The van der Waals surface area contributed by atoms with Crippen LogP contribution in [0.3, 0.4) is 0 Å². The molecule has 0 amide bonds. The Morgan fingerprint density at radius 2 is 1.50 bits per heavy atom. The summed E-state index contributed by atoms with van der Waals surface area (Å²) in [5.41, 5.74) is -0.0582. The van der Waals surface area contributed by atoms with E-state index in [1.165, 1.54) is 45.4 Å². The van der Waals surface area contributed by atoms with Crippen LogP contribution in [0.1, 0.15) is 52.9 Å². The normalized spacial score (nSPS) is 35.4. The first-order valence-electron chi connectivity index (χ1n) is 8.56. The molecular weight excluding hydrogens is 248 g/mol. The highest BCUT2D eigenvalue weighted by Gasteiger charge is 2.44. The third-order valence-electron chi connectivity index (χ3n) is 5.81. The molecule has 3 aliphatic rings. The van der Waals surface area contributed by atoms with E-state index in [4.69, 9.17) is 0 Å². The molecule has 1 N–H and O–H groups in total. The maximum atomic E-state index is 10.7. The van der Waals surface area contributed by atoms with Crippen molar-refractivity contribution in [3.63, 3.8) is 0 Å². The summed E-state index contributed by atoms with van der Waals surface area (Å²) in [6.45, 7) is 12.8. The molecule has 0 aromatic carbocycles. The van der Waals surface area contributed by atoms with Gasteiger partial charge in [0.2, 0.25) is 0 Å². The molecule has 0 bridgehead atoms. The predicted octanol–water partition coefficient (Wildman–Crippen LogP) is 2.34. The van der Waals surface area contributed by atoms with Gasteiger partial charge >= 0.3 is 0 Å². The van der Waals surface area contributed by atoms with Crippen LogP contribution in [0.25, 0.3) is 0 Å². The smallest absolute Gasteiger partial charge is 0.0774 e. The molecule has 2 saturated heterocycles. The summed E-state index contributed by atoms with van der Waals surface area (Å²) >= 11 is 0. The summed E-state index contributed by atoms with van der Waals surface area (Å²) in [6, 6.07) is 0. The minimum Gasteiger partial charge on any atom is -0.389 e. The third kappa shape index (κ3) is 3.05. The maximum absolute atomic E-state index is 10.7. The molecule has 0 spiro atoms. The van der Waals surface area contributed by atoms with Gasteiger partial charge in [0, 0.05) is 38.3 Å². The number of hydrogen-bond acceptors (Lipinski definition) is 3. The standard InChI is InChI=1S/C17H32N2O/c1-16(2,3)19-11-14-9-18(10-15(14)12-19)13-17(20)7-5-4-6-8-17/h14-15,20H,4-13H2,1-3H3/t14-,15+. The quantitative estimate of drug-likeness (QED) is 0.841. The molecule has 0 unspecified atom stereocenters. The van der Waals surface area contributed by atoms with Crippen molar-refractivity contribution in [1.29, 1.82) is 0 Å². The lowest BCUT2D eigenvalue weighted by Gasteiger charge is -2.37. The van der Waals surface area contributed by atoms with Gasteiger partial charge in [0.15, 0.2) is 0 Å². The SMILES string of the molecule is CC(C)(C)N1C[C@H]2CN(CC3(O)CCCCC3)C[C@H]2C1. The summed E-state index contributed by atoms with van der Waals surface area (Å²) in [5, 5.41) is 10.7. The predicted molar refractivity (Wildman–Crippen MR) is 82.8 cm³/mol. The number of β-amino-alcohol motifs (C(OH)–C–C–N with tert-alkyl or cyclic N) is 1. The van der Waals surface area contributed by atoms with Crippen LogP contribution in [-0.2, 0) is 0 Å². The largest absolute Gasteiger partial charge is 0.389 e. The first-order valence-corrected chi connectivity index (χ1v) is 8.56. The molecule has 2 heterocycles. The van der Waals surface area contributed by atoms with Gasteiger partial charge in [0.1, 0.15) is 0 Å². The molecular formula is C17H32N2O. The Hall–Kier alpha value is -0.120. The van der Waals surface area contributed by atoms with Crippen LogP contribution in [0.15, 0.2) is 0 Å². The van der Waals surface area contributed by atoms with Gasteiger partial charge in [-0.3, -0.25) is 9.80 Å². The first-order chi connectivity index (χ1) is 9.36. The van der Waals surface area contributed by atoms with Crippen molar-refractivity contribution >= 4 is 0 Å². The van der Waals surface area contributed by atoms with Gasteiger partial charge in [0.25, 0.3) is 0 Å². The Bertz CT molecular complexity index is 329. The second-order valence-electron chi connectivity index (χ2n) is 8.58. The summed E-state index contributed by atoms with van der Waals surface area (Å²) < 4.78 is 0. The fraction of sp³-hybridized carbons (Fsp3) is 1.00. The Balaban J connectivity index is 1.53. The van der Waals surface area contributed by atoms with Crippen molar-refractivity contribution in [3.8, 4) is 0 Å². The van der Waals surface area contributed by atoms with Gasteiger partial charge in [-0.25, -0.2) is 0 Å². The fourth-order valence-electron chi connectivity index (χ4n) is 4.55. The second kappa shape index (κ2) is 5.26. The van der Waals surface area contributed by atoms with Crippen LogP contribution >= 0.6 is 0 Å². The van der Waals surface area contributed by atoms with Crippen molar-refractivity contribution in [1.82, 2.24) is 9.80 Å². The van der Waals surface area contributed by atoms with Crippen LogP contribution in [-0.4, -0.2) is 58.8 Å². The van der Waals surface area contributed by atoms with E-state index in [1.807, 2.05) is 0 Å². The molecule has 1 aliphatic carbocycles. The number of rotatable bonds is 2. The van der Waals surface area contributed by atoms with E-state index < -0.39 is 0 Å². The Morgan fingerprint density at radius 1 is 0.950 bits per heavy atom. The van der Waals surface area contributed by atoms with Gasteiger partial charge in [0.05, 0.1) is 5.60 Å². The van der Waals surface area contributed by atoms with Crippen molar-refractivity contribution in [2.75, 3.05) is 32.7 Å². The third-order valence-corrected chi connectivity index (χ3v) is 5.81. The molecule has 2 aliphatic heterocycles. The highest BCUT2D eigenvalue weighted by Crippen LogP contribution is 2.37. The van der Waals surface area contributed by atoms with E-state index in [0.29, 0.717) is 5.54 Å². The highest BCUT2D eigenvalue weighted by atomic mass is 16.3. The summed E-state index contributed by atoms with van der Waals surface area (Å²) in [4.78, 5) is 5.20. The molecule has 3 fully saturated rings. The molecule has 1 saturated carbocycles. The first kappa shape index (κ1) is 14.8. The van der Waals surface area contributed by atoms with E-state index in [2.05, 4.69) is 30.6 Å². The van der Waals surface area contributed by atoms with Gasteiger partial charge in [-0.2, -0.15) is 0 Å². The van der Waals surface area contributed by atoms with Crippen molar-refractivity contribution in [2.24, 2.45) is 11.8 Å². The van der Waals surface area contributed by atoms with Crippen LogP contribution in [0.2, 0.25) is 0 Å². The number of likely N-dealkylation sites (tertiary alicyclic amines) is 2. The molecule has 20 heavy (non-hydrogen) atoms. The van der Waals surface area contributed by atoms with Crippen molar-refractivity contribution in [2.45, 2.75) is 64.0 Å². The average Bonchev–Trinajstić information content (AvgIpc) is 2.86. The molecule has 0 aromatic heterocycles. The van der Waals surface area contributed by atoms with Gasteiger partial charge in [-0.15, -0.1) is 0 Å². The minimum absolute atomic E-state index is 0.316. The monoisotopic (exact) mass is 280 g/mol. The molecule has 0 radical (unpaired) electrons. The lowest BCUT2D eigenvalue weighted by molar-refractivity contribution is -0.0239. The number of nitrogens with zero attached hydrogens (tertiary/aromatic N) is 2. The lowest BCUT2D eigenvalue weighted by atomic mass is 9.84. The minimum atomic E-state index is -0.374. The number of aliphatic hydroxyl groups is 1.